The van der Waals surface area contributed by atoms with Crippen molar-refractivity contribution in [3.8, 4) is 0 Å². The van der Waals surface area contributed by atoms with Crippen molar-refractivity contribution in [2.75, 3.05) is 12.8 Å². The van der Waals surface area contributed by atoms with E-state index in [0.717, 1.165) is 12.8 Å². The van der Waals surface area contributed by atoms with E-state index in [9.17, 15) is 9.18 Å². The average Bonchev–Trinajstić information content (AvgIpc) is 3.10. The second kappa shape index (κ2) is 4.90. The molecule has 1 aromatic rings. The number of carbonyl (C=O) groups excluding carboxylic acids is 1. The summed E-state index contributed by atoms with van der Waals surface area (Å²) in [7, 11) is 0. The van der Waals surface area contributed by atoms with Crippen LogP contribution >= 0.6 is 24.4 Å². The van der Waals surface area contributed by atoms with Crippen LogP contribution < -0.4 is 5.32 Å². The van der Waals surface area contributed by atoms with E-state index < -0.39 is 5.82 Å². The molecule has 0 aliphatic heterocycles. The SMILES string of the molecule is CSC1(CNC(=O)c2cc(S)ccc2F)CC1. The van der Waals surface area contributed by atoms with Gasteiger partial charge in [-0.1, -0.05) is 0 Å². The Morgan fingerprint density at radius 3 is 2.88 bits per heavy atom. The van der Waals surface area contributed by atoms with Crippen molar-refractivity contribution < 1.29 is 9.18 Å². The van der Waals surface area contributed by atoms with Crippen molar-refractivity contribution in [1.29, 1.82) is 0 Å². The Balaban J connectivity index is 2.02. The summed E-state index contributed by atoms with van der Waals surface area (Å²) in [5.41, 5.74) is 0.0643. The lowest BCUT2D eigenvalue weighted by atomic mass is 10.2. The van der Waals surface area contributed by atoms with Crippen molar-refractivity contribution in [3.63, 3.8) is 0 Å². The van der Waals surface area contributed by atoms with Gasteiger partial charge in [-0.3, -0.25) is 4.79 Å². The summed E-state index contributed by atoms with van der Waals surface area (Å²) in [6.45, 7) is 0.600. The Labute approximate surface area is 110 Å². The van der Waals surface area contributed by atoms with Gasteiger partial charge in [0.25, 0.3) is 5.91 Å². The summed E-state index contributed by atoms with van der Waals surface area (Å²) in [5, 5.41) is 2.79. The molecular formula is C12H14FNOS2. The summed E-state index contributed by atoms with van der Waals surface area (Å²) >= 11 is 5.86. The number of rotatable bonds is 4. The van der Waals surface area contributed by atoms with E-state index in [4.69, 9.17) is 0 Å². The van der Waals surface area contributed by atoms with Crippen LogP contribution in [0.15, 0.2) is 23.1 Å². The Kier molecular flexibility index (Phi) is 3.68. The molecule has 1 aliphatic carbocycles. The van der Waals surface area contributed by atoms with Gasteiger partial charge >= 0.3 is 0 Å². The van der Waals surface area contributed by atoms with Gasteiger partial charge in [-0.2, -0.15) is 11.8 Å². The van der Waals surface area contributed by atoms with Gasteiger partial charge in [0.05, 0.1) is 5.56 Å². The van der Waals surface area contributed by atoms with Crippen LogP contribution in [0.25, 0.3) is 0 Å². The molecule has 0 atom stereocenters. The number of amides is 1. The third kappa shape index (κ3) is 2.96. The van der Waals surface area contributed by atoms with Gasteiger partial charge in [-0.05, 0) is 37.3 Å². The maximum Gasteiger partial charge on any atom is 0.254 e. The Bertz CT molecular complexity index is 446. The van der Waals surface area contributed by atoms with Crippen molar-refractivity contribution in [1.82, 2.24) is 5.32 Å². The number of thioether (sulfide) groups is 1. The molecule has 17 heavy (non-hydrogen) atoms. The molecule has 2 nitrogen and oxygen atoms in total. The zero-order valence-corrected chi connectivity index (χ0v) is 11.2. The molecular weight excluding hydrogens is 257 g/mol. The Morgan fingerprint density at radius 2 is 2.29 bits per heavy atom. The molecule has 0 heterocycles. The van der Waals surface area contributed by atoms with Gasteiger partial charge in [0.15, 0.2) is 0 Å². The van der Waals surface area contributed by atoms with Crippen molar-refractivity contribution in [3.05, 3.63) is 29.6 Å². The number of thiol groups is 1. The van der Waals surface area contributed by atoms with E-state index in [1.165, 1.54) is 18.2 Å². The molecule has 0 spiro atoms. The fourth-order valence-electron chi connectivity index (χ4n) is 1.62. The second-order valence-electron chi connectivity index (χ2n) is 4.23. The largest absolute Gasteiger partial charge is 0.351 e. The maximum absolute atomic E-state index is 13.4. The predicted octanol–water partition coefficient (Wildman–Crippen LogP) is 2.74. The number of benzene rings is 1. The van der Waals surface area contributed by atoms with E-state index >= 15 is 0 Å². The Morgan fingerprint density at radius 1 is 1.59 bits per heavy atom. The highest BCUT2D eigenvalue weighted by Crippen LogP contribution is 2.46. The lowest BCUT2D eigenvalue weighted by Gasteiger charge is -2.13. The average molecular weight is 271 g/mol. The molecule has 1 aromatic carbocycles. The normalized spacial score (nSPS) is 16.6. The first kappa shape index (κ1) is 12.8. The molecule has 1 amide bonds. The van der Waals surface area contributed by atoms with Gasteiger partial charge in [-0.15, -0.1) is 12.6 Å². The molecule has 92 valence electrons. The van der Waals surface area contributed by atoms with Crippen molar-refractivity contribution in [2.24, 2.45) is 0 Å². The lowest BCUT2D eigenvalue weighted by molar-refractivity contribution is 0.0948. The van der Waals surface area contributed by atoms with Crippen LogP contribution in [0.3, 0.4) is 0 Å². The quantitative estimate of drug-likeness (QED) is 0.825. The van der Waals surface area contributed by atoms with E-state index in [-0.39, 0.29) is 16.2 Å². The van der Waals surface area contributed by atoms with Crippen LogP contribution in [0.5, 0.6) is 0 Å². The predicted molar refractivity (Wildman–Crippen MR) is 71.5 cm³/mol. The van der Waals surface area contributed by atoms with Crippen LogP contribution in [-0.4, -0.2) is 23.5 Å². The number of carbonyl (C=O) groups is 1. The number of hydrogen-bond donors (Lipinski definition) is 2. The summed E-state index contributed by atoms with van der Waals surface area (Å²) < 4.78 is 13.6. The lowest BCUT2D eigenvalue weighted by Crippen LogP contribution is -2.32. The summed E-state index contributed by atoms with van der Waals surface area (Å²) in [6.07, 6.45) is 4.27. The van der Waals surface area contributed by atoms with E-state index in [1.54, 1.807) is 11.8 Å². The molecule has 1 saturated carbocycles. The monoisotopic (exact) mass is 271 g/mol. The zero-order chi connectivity index (χ0) is 12.5. The first-order chi connectivity index (χ1) is 8.06. The number of nitrogens with one attached hydrogen (secondary N) is 1. The number of halogens is 1. The third-order valence-corrected chi connectivity index (χ3v) is 4.70. The first-order valence-corrected chi connectivity index (χ1v) is 7.05. The van der Waals surface area contributed by atoms with E-state index in [1.807, 2.05) is 6.26 Å². The molecule has 0 saturated heterocycles. The van der Waals surface area contributed by atoms with Gasteiger partial charge in [0.2, 0.25) is 0 Å². The second-order valence-corrected chi connectivity index (χ2v) is 6.02. The minimum atomic E-state index is -0.505. The summed E-state index contributed by atoms with van der Waals surface area (Å²) in [5.74, 6) is -0.868. The van der Waals surface area contributed by atoms with Crippen molar-refractivity contribution in [2.45, 2.75) is 22.5 Å². The van der Waals surface area contributed by atoms with E-state index in [0.29, 0.717) is 11.4 Å². The molecule has 5 heteroatoms. The highest BCUT2D eigenvalue weighted by atomic mass is 32.2. The zero-order valence-electron chi connectivity index (χ0n) is 9.50. The van der Waals surface area contributed by atoms with Crippen LogP contribution in [0.4, 0.5) is 4.39 Å². The van der Waals surface area contributed by atoms with E-state index in [2.05, 4.69) is 17.9 Å². The molecule has 1 aliphatic rings. The summed E-state index contributed by atoms with van der Waals surface area (Å²) in [6, 6.07) is 4.24. The van der Waals surface area contributed by atoms with Crippen LogP contribution in [0.1, 0.15) is 23.2 Å². The van der Waals surface area contributed by atoms with Crippen LogP contribution in [-0.2, 0) is 0 Å². The minimum absolute atomic E-state index is 0.0643. The molecule has 1 fully saturated rings. The Hall–Kier alpha value is -0.680. The highest BCUT2D eigenvalue weighted by molar-refractivity contribution is 8.00. The fourth-order valence-corrected chi connectivity index (χ4v) is 2.55. The van der Waals surface area contributed by atoms with Crippen LogP contribution in [0.2, 0.25) is 0 Å². The van der Waals surface area contributed by atoms with Gasteiger partial charge in [0.1, 0.15) is 5.82 Å². The fraction of sp³-hybridized carbons (Fsp3) is 0.417. The molecule has 1 N–H and O–H groups in total. The van der Waals surface area contributed by atoms with Gasteiger partial charge in [0, 0.05) is 16.2 Å². The molecule has 0 aromatic heterocycles. The third-order valence-electron chi connectivity index (χ3n) is 3.01. The minimum Gasteiger partial charge on any atom is -0.351 e. The smallest absolute Gasteiger partial charge is 0.254 e. The van der Waals surface area contributed by atoms with Gasteiger partial charge in [-0.25, -0.2) is 4.39 Å². The molecule has 0 radical (unpaired) electrons. The highest BCUT2D eigenvalue weighted by Gasteiger charge is 2.42. The summed E-state index contributed by atoms with van der Waals surface area (Å²) in [4.78, 5) is 12.4. The molecule has 0 unspecified atom stereocenters. The van der Waals surface area contributed by atoms with Crippen molar-refractivity contribution >= 4 is 30.3 Å². The van der Waals surface area contributed by atoms with Crippen LogP contribution in [0, 0.1) is 5.82 Å². The first-order valence-electron chi connectivity index (χ1n) is 5.38. The van der Waals surface area contributed by atoms with Gasteiger partial charge < -0.3 is 5.32 Å². The topological polar surface area (TPSA) is 29.1 Å². The number of hydrogen-bond acceptors (Lipinski definition) is 3. The molecule has 0 bridgehead atoms. The standard InChI is InChI=1S/C12H14FNOS2/c1-17-12(4-5-12)7-14-11(15)9-6-8(16)2-3-10(9)13/h2-3,6,16H,4-5,7H2,1H3,(H,14,15). The maximum atomic E-state index is 13.4. The molecule has 2 rings (SSSR count).